The standard InChI is InChI=1S/C15H22N4O/c1-10-6-17-14(12(3)15(10)20-4)9-19-8-13(7-18-19)5-11(2)16/h6-8,11H,5,9,16H2,1-4H3. The monoisotopic (exact) mass is 274 g/mol. The maximum Gasteiger partial charge on any atom is 0.128 e. The third kappa shape index (κ3) is 3.17. The number of rotatable bonds is 5. The Hall–Kier alpha value is -1.88. The normalized spacial score (nSPS) is 12.4. The predicted molar refractivity (Wildman–Crippen MR) is 78.9 cm³/mol. The highest BCUT2D eigenvalue weighted by Crippen LogP contribution is 2.24. The lowest BCUT2D eigenvalue weighted by molar-refractivity contribution is 0.406. The Morgan fingerprint density at radius 3 is 2.75 bits per heavy atom. The van der Waals surface area contributed by atoms with Crippen LogP contribution in [0.1, 0.15) is 29.3 Å². The van der Waals surface area contributed by atoms with Gasteiger partial charge in [0.05, 0.1) is 25.5 Å². The minimum atomic E-state index is 0.145. The van der Waals surface area contributed by atoms with Crippen molar-refractivity contribution in [2.45, 2.75) is 39.8 Å². The summed E-state index contributed by atoms with van der Waals surface area (Å²) in [6, 6.07) is 0.145. The number of hydrogen-bond acceptors (Lipinski definition) is 4. The summed E-state index contributed by atoms with van der Waals surface area (Å²) < 4.78 is 7.32. The molecule has 0 aromatic carbocycles. The first-order valence-electron chi connectivity index (χ1n) is 6.77. The van der Waals surface area contributed by atoms with E-state index in [-0.39, 0.29) is 6.04 Å². The molecule has 0 saturated carbocycles. The van der Waals surface area contributed by atoms with Crippen molar-refractivity contribution in [1.29, 1.82) is 0 Å². The molecule has 5 heteroatoms. The molecule has 1 unspecified atom stereocenters. The zero-order valence-electron chi connectivity index (χ0n) is 12.6. The van der Waals surface area contributed by atoms with E-state index < -0.39 is 0 Å². The molecule has 108 valence electrons. The molecule has 0 amide bonds. The molecule has 0 aliphatic rings. The third-order valence-corrected chi connectivity index (χ3v) is 3.31. The molecule has 0 bridgehead atoms. The largest absolute Gasteiger partial charge is 0.496 e. The van der Waals surface area contributed by atoms with E-state index >= 15 is 0 Å². The van der Waals surface area contributed by atoms with Crippen LogP contribution in [-0.4, -0.2) is 27.9 Å². The molecule has 1 atom stereocenters. The Balaban J connectivity index is 2.20. The van der Waals surface area contributed by atoms with Crippen LogP contribution in [0.4, 0.5) is 0 Å². The van der Waals surface area contributed by atoms with Gasteiger partial charge in [0, 0.05) is 29.6 Å². The topological polar surface area (TPSA) is 66.0 Å². The van der Waals surface area contributed by atoms with Gasteiger partial charge in [-0.2, -0.15) is 5.10 Å². The molecule has 20 heavy (non-hydrogen) atoms. The zero-order chi connectivity index (χ0) is 14.7. The average Bonchev–Trinajstić information content (AvgIpc) is 2.80. The second-order valence-corrected chi connectivity index (χ2v) is 5.27. The minimum Gasteiger partial charge on any atom is -0.496 e. The lowest BCUT2D eigenvalue weighted by Gasteiger charge is -2.12. The van der Waals surface area contributed by atoms with Crippen LogP contribution < -0.4 is 10.5 Å². The van der Waals surface area contributed by atoms with E-state index in [2.05, 4.69) is 10.1 Å². The molecule has 2 N–H and O–H groups in total. The van der Waals surface area contributed by atoms with Crippen LogP contribution in [0.5, 0.6) is 5.75 Å². The summed E-state index contributed by atoms with van der Waals surface area (Å²) in [5.74, 6) is 0.901. The van der Waals surface area contributed by atoms with E-state index in [1.54, 1.807) is 7.11 Å². The highest BCUT2D eigenvalue weighted by Gasteiger charge is 2.10. The molecule has 2 aromatic heterocycles. The second kappa shape index (κ2) is 6.05. The van der Waals surface area contributed by atoms with E-state index in [4.69, 9.17) is 10.5 Å². The van der Waals surface area contributed by atoms with Crippen molar-refractivity contribution in [3.05, 3.63) is 41.0 Å². The summed E-state index contributed by atoms with van der Waals surface area (Å²) >= 11 is 0. The van der Waals surface area contributed by atoms with Crippen molar-refractivity contribution in [3.8, 4) is 5.75 Å². The number of nitrogens with zero attached hydrogens (tertiary/aromatic N) is 3. The first kappa shape index (κ1) is 14.5. The van der Waals surface area contributed by atoms with E-state index in [0.29, 0.717) is 6.54 Å². The predicted octanol–water partition coefficient (Wildman–Crippen LogP) is 1.84. The van der Waals surface area contributed by atoms with E-state index in [9.17, 15) is 0 Å². The van der Waals surface area contributed by atoms with Gasteiger partial charge in [0.2, 0.25) is 0 Å². The summed E-state index contributed by atoms with van der Waals surface area (Å²) in [6.45, 7) is 6.66. The Kier molecular flexibility index (Phi) is 4.39. The van der Waals surface area contributed by atoms with Gasteiger partial charge >= 0.3 is 0 Å². The minimum absolute atomic E-state index is 0.145. The first-order valence-corrected chi connectivity index (χ1v) is 6.77. The molecule has 0 radical (unpaired) electrons. The number of ether oxygens (including phenoxy) is 1. The van der Waals surface area contributed by atoms with Crippen molar-refractivity contribution >= 4 is 0 Å². The van der Waals surface area contributed by atoms with E-state index in [1.165, 1.54) is 0 Å². The molecule has 2 heterocycles. The van der Waals surface area contributed by atoms with Crippen LogP contribution in [-0.2, 0) is 13.0 Å². The summed E-state index contributed by atoms with van der Waals surface area (Å²) in [7, 11) is 1.69. The van der Waals surface area contributed by atoms with Crippen LogP contribution in [0.3, 0.4) is 0 Å². The SMILES string of the molecule is COc1c(C)cnc(Cn2cc(CC(C)N)cn2)c1C. The van der Waals surface area contributed by atoms with Crippen molar-refractivity contribution in [2.75, 3.05) is 7.11 Å². The van der Waals surface area contributed by atoms with Crippen molar-refractivity contribution in [2.24, 2.45) is 5.73 Å². The van der Waals surface area contributed by atoms with Gasteiger partial charge in [0.15, 0.2) is 0 Å². The Bertz CT molecular complexity index is 590. The number of nitrogens with two attached hydrogens (primary N) is 1. The van der Waals surface area contributed by atoms with Crippen molar-refractivity contribution < 1.29 is 4.74 Å². The van der Waals surface area contributed by atoms with Gasteiger partial charge in [0.1, 0.15) is 5.75 Å². The third-order valence-electron chi connectivity index (χ3n) is 3.31. The maximum absolute atomic E-state index is 5.80. The summed E-state index contributed by atoms with van der Waals surface area (Å²) in [4.78, 5) is 4.49. The number of aromatic nitrogens is 3. The molecular weight excluding hydrogens is 252 g/mol. The van der Waals surface area contributed by atoms with Crippen molar-refractivity contribution in [3.63, 3.8) is 0 Å². The van der Waals surface area contributed by atoms with Gasteiger partial charge in [-0.1, -0.05) is 0 Å². The molecule has 0 fully saturated rings. The fraction of sp³-hybridized carbons (Fsp3) is 0.467. The smallest absolute Gasteiger partial charge is 0.128 e. The van der Waals surface area contributed by atoms with Crippen LogP contribution in [0.15, 0.2) is 18.6 Å². The second-order valence-electron chi connectivity index (χ2n) is 5.27. The van der Waals surface area contributed by atoms with Crippen LogP contribution in [0.25, 0.3) is 0 Å². The number of pyridine rings is 1. The van der Waals surface area contributed by atoms with Gasteiger partial charge in [-0.25, -0.2) is 0 Å². The molecule has 2 aromatic rings. The maximum atomic E-state index is 5.80. The number of methoxy groups -OCH3 is 1. The molecule has 0 aliphatic carbocycles. The van der Waals surface area contributed by atoms with Gasteiger partial charge in [0.25, 0.3) is 0 Å². The Morgan fingerprint density at radius 1 is 1.35 bits per heavy atom. The van der Waals surface area contributed by atoms with E-state index in [1.807, 2.05) is 44.0 Å². The summed E-state index contributed by atoms with van der Waals surface area (Å²) in [5, 5.41) is 4.36. The molecular formula is C15H22N4O. The first-order chi connectivity index (χ1) is 9.51. The average molecular weight is 274 g/mol. The van der Waals surface area contributed by atoms with Gasteiger partial charge in [-0.15, -0.1) is 0 Å². The quantitative estimate of drug-likeness (QED) is 0.903. The summed E-state index contributed by atoms with van der Waals surface area (Å²) in [5.41, 5.74) is 10.0. The van der Waals surface area contributed by atoms with Gasteiger partial charge < -0.3 is 10.5 Å². The summed E-state index contributed by atoms with van der Waals surface area (Å²) in [6.07, 6.45) is 6.57. The highest BCUT2D eigenvalue weighted by atomic mass is 16.5. The van der Waals surface area contributed by atoms with E-state index in [0.717, 1.165) is 34.6 Å². The molecule has 2 rings (SSSR count). The Labute approximate surface area is 119 Å². The fourth-order valence-electron chi connectivity index (χ4n) is 2.35. The van der Waals surface area contributed by atoms with Crippen molar-refractivity contribution in [1.82, 2.24) is 14.8 Å². The molecule has 0 saturated heterocycles. The van der Waals surface area contributed by atoms with Gasteiger partial charge in [-0.3, -0.25) is 9.67 Å². The molecule has 0 aliphatic heterocycles. The lowest BCUT2D eigenvalue weighted by Crippen LogP contribution is -2.17. The van der Waals surface area contributed by atoms with Crippen LogP contribution in [0.2, 0.25) is 0 Å². The number of hydrogen-bond donors (Lipinski definition) is 1. The lowest BCUT2D eigenvalue weighted by atomic mass is 10.1. The number of aryl methyl sites for hydroxylation is 1. The highest BCUT2D eigenvalue weighted by molar-refractivity contribution is 5.41. The van der Waals surface area contributed by atoms with Crippen LogP contribution in [0, 0.1) is 13.8 Å². The van der Waals surface area contributed by atoms with Crippen LogP contribution >= 0.6 is 0 Å². The van der Waals surface area contributed by atoms with Gasteiger partial charge in [-0.05, 0) is 32.8 Å². The Morgan fingerprint density at radius 2 is 2.10 bits per heavy atom. The molecule has 0 spiro atoms. The molecule has 5 nitrogen and oxygen atoms in total. The fourth-order valence-corrected chi connectivity index (χ4v) is 2.35. The zero-order valence-corrected chi connectivity index (χ0v) is 12.6.